The number of nitrogens with one attached hydrogen (secondary N) is 1. The number of hydrogen-bond acceptors (Lipinski definition) is 5. The maximum Gasteiger partial charge on any atom is 0.261 e. The number of fused-ring (bicyclic) bond motifs is 1. The molecule has 3 aromatic carbocycles. The number of benzene rings is 3. The SMILES string of the molecule is CC[C@@H](Oc1ccc2ccccc2c1)C(=O)NCCOc1ccc(S(=O)(=O)N2CCCC2)cc1. The van der Waals surface area contributed by atoms with Gasteiger partial charge in [0, 0.05) is 13.1 Å². The number of hydrogen-bond donors (Lipinski definition) is 1. The van der Waals surface area contributed by atoms with Gasteiger partial charge in [-0.15, -0.1) is 0 Å². The monoisotopic (exact) mass is 482 g/mol. The van der Waals surface area contributed by atoms with E-state index in [1.165, 1.54) is 4.31 Å². The predicted molar refractivity (Wildman–Crippen MR) is 132 cm³/mol. The molecule has 1 saturated heterocycles. The van der Waals surface area contributed by atoms with Crippen LogP contribution in [0.2, 0.25) is 0 Å². The highest BCUT2D eigenvalue weighted by Crippen LogP contribution is 2.23. The van der Waals surface area contributed by atoms with Crippen molar-refractivity contribution >= 4 is 26.7 Å². The van der Waals surface area contributed by atoms with E-state index in [2.05, 4.69) is 5.32 Å². The van der Waals surface area contributed by atoms with E-state index in [0.717, 1.165) is 23.6 Å². The summed E-state index contributed by atoms with van der Waals surface area (Å²) in [6, 6.07) is 20.2. The summed E-state index contributed by atoms with van der Waals surface area (Å²) in [6.45, 7) is 3.62. The van der Waals surface area contributed by atoms with Crippen LogP contribution in [0.5, 0.6) is 11.5 Å². The molecule has 0 aromatic heterocycles. The Labute approximate surface area is 200 Å². The maximum atomic E-state index is 12.6. The fourth-order valence-electron chi connectivity index (χ4n) is 3.97. The molecule has 0 spiro atoms. The van der Waals surface area contributed by atoms with E-state index in [-0.39, 0.29) is 17.4 Å². The van der Waals surface area contributed by atoms with E-state index in [1.54, 1.807) is 24.3 Å². The molecule has 1 aliphatic heterocycles. The second-order valence-electron chi connectivity index (χ2n) is 8.25. The molecule has 0 saturated carbocycles. The van der Waals surface area contributed by atoms with E-state index >= 15 is 0 Å². The molecule has 8 heteroatoms. The first-order chi connectivity index (χ1) is 16.5. The molecule has 7 nitrogen and oxygen atoms in total. The molecule has 1 N–H and O–H groups in total. The number of nitrogens with zero attached hydrogens (tertiary/aromatic N) is 1. The highest BCUT2D eigenvalue weighted by molar-refractivity contribution is 7.89. The largest absolute Gasteiger partial charge is 0.492 e. The summed E-state index contributed by atoms with van der Waals surface area (Å²) < 4.78 is 38.3. The van der Waals surface area contributed by atoms with Gasteiger partial charge >= 0.3 is 0 Å². The summed E-state index contributed by atoms with van der Waals surface area (Å²) in [6.07, 6.45) is 1.74. The third kappa shape index (κ3) is 5.69. The van der Waals surface area contributed by atoms with Crippen molar-refractivity contribution in [1.29, 1.82) is 0 Å². The lowest BCUT2D eigenvalue weighted by molar-refractivity contribution is -0.128. The summed E-state index contributed by atoms with van der Waals surface area (Å²) in [5.41, 5.74) is 0. The lowest BCUT2D eigenvalue weighted by Crippen LogP contribution is -2.39. The predicted octanol–water partition coefficient (Wildman–Crippen LogP) is 3.98. The minimum atomic E-state index is -3.44. The van der Waals surface area contributed by atoms with Crippen LogP contribution >= 0.6 is 0 Å². The van der Waals surface area contributed by atoms with Gasteiger partial charge in [0.05, 0.1) is 11.4 Å². The Kier molecular flexibility index (Phi) is 7.70. The summed E-state index contributed by atoms with van der Waals surface area (Å²) in [4.78, 5) is 12.8. The molecule has 0 unspecified atom stereocenters. The number of sulfonamides is 1. The highest BCUT2D eigenvalue weighted by Gasteiger charge is 2.27. The van der Waals surface area contributed by atoms with E-state index in [0.29, 0.717) is 37.6 Å². The first-order valence-electron chi connectivity index (χ1n) is 11.6. The first-order valence-corrected chi connectivity index (χ1v) is 13.1. The van der Waals surface area contributed by atoms with Crippen molar-refractivity contribution in [3.8, 4) is 11.5 Å². The topological polar surface area (TPSA) is 84.9 Å². The average molecular weight is 483 g/mol. The second-order valence-corrected chi connectivity index (χ2v) is 10.2. The van der Waals surface area contributed by atoms with Crippen LogP contribution < -0.4 is 14.8 Å². The van der Waals surface area contributed by atoms with Crippen molar-refractivity contribution in [3.05, 3.63) is 66.7 Å². The van der Waals surface area contributed by atoms with Gasteiger partial charge in [0.1, 0.15) is 18.1 Å². The zero-order chi connectivity index (χ0) is 24.0. The van der Waals surface area contributed by atoms with Gasteiger partial charge in [0.25, 0.3) is 5.91 Å². The van der Waals surface area contributed by atoms with Gasteiger partial charge in [-0.2, -0.15) is 4.31 Å². The summed E-state index contributed by atoms with van der Waals surface area (Å²) >= 11 is 0. The Morgan fingerprint density at radius 3 is 2.35 bits per heavy atom. The number of ether oxygens (including phenoxy) is 2. The van der Waals surface area contributed by atoms with E-state index < -0.39 is 16.1 Å². The van der Waals surface area contributed by atoms with Crippen LogP contribution in [0.3, 0.4) is 0 Å². The van der Waals surface area contributed by atoms with Crippen LogP contribution in [0, 0.1) is 0 Å². The zero-order valence-corrected chi connectivity index (χ0v) is 20.1. The number of rotatable bonds is 10. The van der Waals surface area contributed by atoms with Crippen molar-refractivity contribution in [2.24, 2.45) is 0 Å². The first kappa shape index (κ1) is 24.0. The third-order valence-corrected chi connectivity index (χ3v) is 7.77. The van der Waals surface area contributed by atoms with Gasteiger partial charge in [-0.3, -0.25) is 4.79 Å². The Morgan fingerprint density at radius 1 is 0.971 bits per heavy atom. The summed E-state index contributed by atoms with van der Waals surface area (Å²) in [5, 5.41) is 5.02. The van der Waals surface area contributed by atoms with Crippen molar-refractivity contribution in [2.75, 3.05) is 26.2 Å². The van der Waals surface area contributed by atoms with Crippen molar-refractivity contribution in [1.82, 2.24) is 9.62 Å². The molecule has 4 rings (SSSR count). The van der Waals surface area contributed by atoms with Crippen LogP contribution in [0.25, 0.3) is 10.8 Å². The van der Waals surface area contributed by atoms with Crippen LogP contribution in [-0.4, -0.2) is 51.0 Å². The molecule has 1 amide bonds. The normalized spacial score (nSPS) is 15.2. The van der Waals surface area contributed by atoms with Gasteiger partial charge in [-0.25, -0.2) is 8.42 Å². The van der Waals surface area contributed by atoms with Gasteiger partial charge in [-0.05, 0) is 66.4 Å². The molecular weight excluding hydrogens is 452 g/mol. The molecule has 0 radical (unpaired) electrons. The number of carbonyl (C=O) groups is 1. The Hall–Kier alpha value is -3.10. The molecule has 3 aromatic rings. The van der Waals surface area contributed by atoms with Gasteiger partial charge in [-0.1, -0.05) is 37.3 Å². The Bertz CT molecular complexity index is 1220. The molecular formula is C26H30N2O5S. The van der Waals surface area contributed by atoms with Gasteiger partial charge in [0.2, 0.25) is 10.0 Å². The van der Waals surface area contributed by atoms with Crippen molar-refractivity contribution in [2.45, 2.75) is 37.2 Å². The van der Waals surface area contributed by atoms with E-state index in [1.807, 2.05) is 49.4 Å². The molecule has 180 valence electrons. The van der Waals surface area contributed by atoms with Crippen LogP contribution in [-0.2, 0) is 14.8 Å². The molecule has 1 atom stereocenters. The smallest absolute Gasteiger partial charge is 0.261 e. The third-order valence-electron chi connectivity index (χ3n) is 5.86. The summed E-state index contributed by atoms with van der Waals surface area (Å²) in [5.74, 6) is 1.00. The quantitative estimate of drug-likeness (QED) is 0.442. The van der Waals surface area contributed by atoms with Gasteiger partial charge in [0.15, 0.2) is 6.10 Å². The minimum absolute atomic E-state index is 0.202. The maximum absolute atomic E-state index is 12.6. The molecule has 1 fully saturated rings. The average Bonchev–Trinajstić information content (AvgIpc) is 3.41. The Morgan fingerprint density at radius 2 is 1.65 bits per heavy atom. The van der Waals surface area contributed by atoms with Crippen LogP contribution in [0.1, 0.15) is 26.2 Å². The van der Waals surface area contributed by atoms with Gasteiger partial charge < -0.3 is 14.8 Å². The van der Waals surface area contributed by atoms with E-state index in [9.17, 15) is 13.2 Å². The van der Waals surface area contributed by atoms with Crippen LogP contribution in [0.15, 0.2) is 71.6 Å². The fourth-order valence-corrected chi connectivity index (χ4v) is 5.49. The molecule has 0 aliphatic carbocycles. The molecule has 34 heavy (non-hydrogen) atoms. The van der Waals surface area contributed by atoms with Crippen molar-refractivity contribution < 1.29 is 22.7 Å². The van der Waals surface area contributed by atoms with Crippen LogP contribution in [0.4, 0.5) is 0 Å². The number of amides is 1. The standard InChI is InChI=1S/C26H30N2O5S/c1-2-25(33-23-10-9-20-7-3-4-8-21(20)19-23)26(29)27-15-18-32-22-11-13-24(14-12-22)34(30,31)28-16-5-6-17-28/h3-4,7-14,19,25H,2,5-6,15-18H2,1H3,(H,27,29)/t25-/m1/s1. The summed E-state index contributed by atoms with van der Waals surface area (Å²) in [7, 11) is -3.44. The fraction of sp³-hybridized carbons (Fsp3) is 0.346. The van der Waals surface area contributed by atoms with E-state index in [4.69, 9.17) is 9.47 Å². The lowest BCUT2D eigenvalue weighted by Gasteiger charge is -2.18. The minimum Gasteiger partial charge on any atom is -0.492 e. The number of carbonyl (C=O) groups excluding carboxylic acids is 1. The molecule has 1 aliphatic rings. The zero-order valence-electron chi connectivity index (χ0n) is 19.3. The second kappa shape index (κ2) is 10.9. The van der Waals surface area contributed by atoms with Crippen molar-refractivity contribution in [3.63, 3.8) is 0 Å². The molecule has 1 heterocycles. The molecule has 0 bridgehead atoms. The highest BCUT2D eigenvalue weighted by atomic mass is 32.2. The lowest BCUT2D eigenvalue weighted by atomic mass is 10.1. The Balaban J connectivity index is 1.25.